The summed E-state index contributed by atoms with van der Waals surface area (Å²) in [6, 6.07) is 0. The fourth-order valence-electron chi connectivity index (χ4n) is 4.80. The largest absolute Gasteiger partial charge is 0.756 e. The highest BCUT2D eigenvalue weighted by Gasteiger charge is 2.21. The van der Waals surface area contributed by atoms with Crippen molar-refractivity contribution in [1.82, 2.24) is 0 Å². The minimum atomic E-state index is -4.64. The van der Waals surface area contributed by atoms with Crippen molar-refractivity contribution in [2.45, 2.75) is 142 Å². The third kappa shape index (κ3) is 39.0. The minimum Gasteiger partial charge on any atom is -0.756 e. The first-order valence-corrected chi connectivity index (χ1v) is 21.6. The summed E-state index contributed by atoms with van der Waals surface area (Å²) in [4.78, 5) is 37.4. The molecule has 0 aromatic rings. The Bertz CT molecular complexity index is 1140. The second-order valence-electron chi connectivity index (χ2n) is 14.3. The number of phosphoric acid groups is 1. The normalized spacial score (nSPS) is 14.5. The lowest BCUT2D eigenvalue weighted by Crippen LogP contribution is -2.37. The molecule has 0 aliphatic heterocycles. The zero-order valence-corrected chi connectivity index (χ0v) is 34.8. The Balaban J connectivity index is 4.53. The number of carbonyl (C=O) groups is 2. The van der Waals surface area contributed by atoms with E-state index in [2.05, 4.69) is 80.7 Å². The van der Waals surface area contributed by atoms with Gasteiger partial charge >= 0.3 is 11.9 Å². The molecular weight excluding hydrogens is 689 g/mol. The van der Waals surface area contributed by atoms with Gasteiger partial charge in [-0.25, -0.2) is 0 Å². The van der Waals surface area contributed by atoms with Crippen LogP contribution in [0.4, 0.5) is 0 Å². The average molecular weight is 764 g/mol. The van der Waals surface area contributed by atoms with Crippen LogP contribution in [0.15, 0.2) is 72.9 Å². The van der Waals surface area contributed by atoms with E-state index in [-0.39, 0.29) is 26.1 Å². The van der Waals surface area contributed by atoms with Crippen LogP contribution >= 0.6 is 7.82 Å². The average Bonchev–Trinajstić information content (AvgIpc) is 3.10. The number of hydrogen-bond acceptors (Lipinski definition) is 8. The monoisotopic (exact) mass is 764 g/mol. The van der Waals surface area contributed by atoms with Crippen LogP contribution in [0.3, 0.4) is 0 Å². The summed E-state index contributed by atoms with van der Waals surface area (Å²) in [5.74, 6) is -0.923. The van der Waals surface area contributed by atoms with Gasteiger partial charge in [0.1, 0.15) is 19.8 Å². The molecule has 0 saturated carbocycles. The molecule has 0 amide bonds. The third-order valence-corrected chi connectivity index (χ3v) is 8.92. The Morgan fingerprint density at radius 2 is 1.09 bits per heavy atom. The van der Waals surface area contributed by atoms with Gasteiger partial charge in [-0.3, -0.25) is 14.2 Å². The summed E-state index contributed by atoms with van der Waals surface area (Å²) >= 11 is 0. The zero-order chi connectivity index (χ0) is 39.3. The lowest BCUT2D eigenvalue weighted by molar-refractivity contribution is -0.870. The van der Waals surface area contributed by atoms with E-state index in [1.807, 2.05) is 27.2 Å². The molecule has 0 aromatic heterocycles. The van der Waals surface area contributed by atoms with E-state index >= 15 is 0 Å². The van der Waals surface area contributed by atoms with Gasteiger partial charge in [0.05, 0.1) is 27.7 Å². The van der Waals surface area contributed by atoms with Crippen molar-refractivity contribution < 1.29 is 42.1 Å². The molecular formula is C43H74NO8P. The van der Waals surface area contributed by atoms with E-state index in [9.17, 15) is 19.0 Å². The Morgan fingerprint density at radius 1 is 0.604 bits per heavy atom. The van der Waals surface area contributed by atoms with Gasteiger partial charge in [0.2, 0.25) is 0 Å². The molecule has 0 fully saturated rings. The molecule has 0 radical (unpaired) electrons. The van der Waals surface area contributed by atoms with Crippen LogP contribution in [0.2, 0.25) is 0 Å². The highest BCUT2D eigenvalue weighted by Crippen LogP contribution is 2.38. The number of quaternary nitrogens is 1. The van der Waals surface area contributed by atoms with Crippen molar-refractivity contribution in [2.24, 2.45) is 0 Å². The van der Waals surface area contributed by atoms with Crippen LogP contribution in [-0.4, -0.2) is 70.0 Å². The fourth-order valence-corrected chi connectivity index (χ4v) is 5.53. The number of allylic oxidation sites excluding steroid dienone is 12. The van der Waals surface area contributed by atoms with Crippen LogP contribution in [-0.2, 0) is 32.7 Å². The Kier molecular flexibility index (Phi) is 33.5. The number of carbonyl (C=O) groups excluding carboxylic acids is 2. The maximum Gasteiger partial charge on any atom is 0.306 e. The van der Waals surface area contributed by atoms with Gasteiger partial charge in [0.15, 0.2) is 6.10 Å². The van der Waals surface area contributed by atoms with Crippen LogP contribution < -0.4 is 4.89 Å². The van der Waals surface area contributed by atoms with Crippen molar-refractivity contribution >= 4 is 19.8 Å². The predicted octanol–water partition coefficient (Wildman–Crippen LogP) is 10.4. The molecule has 9 nitrogen and oxygen atoms in total. The van der Waals surface area contributed by atoms with Crippen LogP contribution in [0.1, 0.15) is 136 Å². The smallest absolute Gasteiger partial charge is 0.306 e. The molecule has 304 valence electrons. The standard InChI is InChI=1S/C43H74NO8P/c1-6-8-10-12-14-16-18-20-21-22-23-24-26-27-29-31-33-35-42(45)49-39-41(40-51-53(47,48)50-38-37-44(3,4)5)52-43(46)36-34-32-30-28-25-19-17-15-13-11-9-7-2/h8,10,14-17,20-21,23-24,27,29,41H,6-7,9,11-13,18-19,22,25-26,28,30-40H2,1-5H3/b10-8+,16-14+,17-15+,21-20+,24-23+,29-27+/t41-/m0/s1. The SMILES string of the molecule is CC/C=C/C/C=C/C/C=C/C/C=C/C/C=C/CCCC(=O)OC[C@@H](COP(=O)([O-])OCC[N+](C)(C)C)OC(=O)CCCCCCC/C=C/CCCCC. The van der Waals surface area contributed by atoms with Crippen molar-refractivity contribution in [2.75, 3.05) is 47.5 Å². The summed E-state index contributed by atoms with van der Waals surface area (Å²) in [5, 5.41) is 0. The van der Waals surface area contributed by atoms with Gasteiger partial charge in [-0.2, -0.15) is 0 Å². The zero-order valence-electron chi connectivity index (χ0n) is 33.9. The van der Waals surface area contributed by atoms with Crippen molar-refractivity contribution in [3.8, 4) is 0 Å². The van der Waals surface area contributed by atoms with Crippen molar-refractivity contribution in [3.05, 3.63) is 72.9 Å². The van der Waals surface area contributed by atoms with Gasteiger partial charge in [-0.15, -0.1) is 0 Å². The summed E-state index contributed by atoms with van der Waals surface area (Å²) in [6.45, 7) is 3.98. The van der Waals surface area contributed by atoms with E-state index in [4.69, 9.17) is 18.5 Å². The van der Waals surface area contributed by atoms with Gasteiger partial charge < -0.3 is 27.9 Å². The molecule has 0 aliphatic carbocycles. The summed E-state index contributed by atoms with van der Waals surface area (Å²) < 4.78 is 33.7. The maximum absolute atomic E-state index is 12.6. The molecule has 0 aliphatic rings. The second-order valence-corrected chi connectivity index (χ2v) is 15.7. The molecule has 0 N–H and O–H groups in total. The van der Waals surface area contributed by atoms with E-state index in [1.54, 1.807) is 0 Å². The first-order valence-electron chi connectivity index (χ1n) is 20.1. The van der Waals surface area contributed by atoms with Gasteiger partial charge in [-0.05, 0) is 77.0 Å². The lowest BCUT2D eigenvalue weighted by Gasteiger charge is -2.28. The molecule has 10 heteroatoms. The minimum absolute atomic E-state index is 0.0448. The number of hydrogen-bond donors (Lipinski definition) is 0. The molecule has 0 aromatic carbocycles. The number of rotatable bonds is 35. The highest BCUT2D eigenvalue weighted by molar-refractivity contribution is 7.45. The highest BCUT2D eigenvalue weighted by atomic mass is 31.2. The number of unbranched alkanes of at least 4 members (excludes halogenated alkanes) is 9. The molecule has 0 heterocycles. The van der Waals surface area contributed by atoms with Gasteiger partial charge in [0.25, 0.3) is 7.82 Å². The predicted molar refractivity (Wildman–Crippen MR) is 217 cm³/mol. The summed E-state index contributed by atoms with van der Waals surface area (Å²) in [7, 11) is 1.12. The molecule has 0 rings (SSSR count). The molecule has 0 saturated heterocycles. The summed E-state index contributed by atoms with van der Waals surface area (Å²) in [6.07, 6.45) is 42.2. The van der Waals surface area contributed by atoms with Crippen molar-refractivity contribution in [1.29, 1.82) is 0 Å². The second kappa shape index (κ2) is 35.2. The van der Waals surface area contributed by atoms with E-state index < -0.39 is 32.5 Å². The van der Waals surface area contributed by atoms with Crippen LogP contribution in [0.25, 0.3) is 0 Å². The number of ether oxygens (including phenoxy) is 2. The molecule has 53 heavy (non-hydrogen) atoms. The topological polar surface area (TPSA) is 111 Å². The first kappa shape index (κ1) is 50.5. The molecule has 0 bridgehead atoms. The van der Waals surface area contributed by atoms with Crippen LogP contribution in [0, 0.1) is 0 Å². The molecule has 0 spiro atoms. The molecule has 2 atom stereocenters. The Morgan fingerprint density at radius 3 is 1.68 bits per heavy atom. The number of nitrogens with zero attached hydrogens (tertiary/aromatic N) is 1. The Labute approximate surface area is 323 Å². The fraction of sp³-hybridized carbons (Fsp3) is 0.674. The lowest BCUT2D eigenvalue weighted by atomic mass is 10.1. The number of phosphoric ester groups is 1. The quantitative estimate of drug-likeness (QED) is 0.0206. The van der Waals surface area contributed by atoms with E-state index in [0.29, 0.717) is 23.9 Å². The number of esters is 2. The van der Waals surface area contributed by atoms with Gasteiger partial charge in [-0.1, -0.05) is 119 Å². The van der Waals surface area contributed by atoms with E-state index in [0.717, 1.165) is 77.0 Å². The number of likely N-dealkylation sites (N-methyl/N-ethyl adjacent to an activating group) is 1. The first-order chi connectivity index (χ1) is 25.5. The Hall–Kier alpha value is -2.55. The maximum atomic E-state index is 12.6. The molecule has 1 unspecified atom stereocenters. The van der Waals surface area contributed by atoms with E-state index in [1.165, 1.54) is 19.3 Å². The van der Waals surface area contributed by atoms with Crippen LogP contribution in [0.5, 0.6) is 0 Å². The third-order valence-electron chi connectivity index (χ3n) is 7.96. The van der Waals surface area contributed by atoms with Crippen molar-refractivity contribution in [3.63, 3.8) is 0 Å². The van der Waals surface area contributed by atoms with Gasteiger partial charge in [0, 0.05) is 12.8 Å². The summed E-state index contributed by atoms with van der Waals surface area (Å²) in [5.41, 5.74) is 0.